The van der Waals surface area contributed by atoms with E-state index in [1.807, 2.05) is 44.2 Å². The molecule has 170 valence electrons. The van der Waals surface area contributed by atoms with Crippen LogP contribution in [0.3, 0.4) is 0 Å². The van der Waals surface area contributed by atoms with Crippen molar-refractivity contribution in [2.45, 2.75) is 43.7 Å². The van der Waals surface area contributed by atoms with Crippen LogP contribution in [0, 0.1) is 0 Å². The predicted molar refractivity (Wildman–Crippen MR) is 121 cm³/mol. The molecule has 0 spiro atoms. The van der Waals surface area contributed by atoms with Crippen LogP contribution in [-0.2, 0) is 26.0 Å². The summed E-state index contributed by atoms with van der Waals surface area (Å²) >= 11 is 5.99. The number of ether oxygens (including phenoxy) is 2. The summed E-state index contributed by atoms with van der Waals surface area (Å²) in [6.07, 6.45) is 0.926. The van der Waals surface area contributed by atoms with Crippen molar-refractivity contribution in [1.82, 2.24) is 10.0 Å². The molecule has 2 rings (SSSR count). The molecule has 0 saturated carbocycles. The van der Waals surface area contributed by atoms with Gasteiger partial charge in [-0.2, -0.15) is 4.72 Å². The van der Waals surface area contributed by atoms with E-state index in [9.17, 15) is 13.2 Å². The molecule has 1 amide bonds. The highest BCUT2D eigenvalue weighted by atomic mass is 35.5. The highest BCUT2D eigenvalue weighted by molar-refractivity contribution is 7.89. The highest BCUT2D eigenvalue weighted by Crippen LogP contribution is 2.27. The predicted octanol–water partition coefficient (Wildman–Crippen LogP) is 3.17. The van der Waals surface area contributed by atoms with Gasteiger partial charge in [-0.25, -0.2) is 8.42 Å². The van der Waals surface area contributed by atoms with Crippen molar-refractivity contribution >= 4 is 27.5 Å². The van der Waals surface area contributed by atoms with Gasteiger partial charge in [0, 0.05) is 18.2 Å². The van der Waals surface area contributed by atoms with Gasteiger partial charge in [0.2, 0.25) is 15.9 Å². The number of amides is 1. The number of methoxy groups -OCH3 is 1. The third-order valence-electron chi connectivity index (χ3n) is 4.38. The second-order valence-corrected chi connectivity index (χ2v) is 9.34. The molecule has 0 aliphatic heterocycles. The zero-order valence-electron chi connectivity index (χ0n) is 17.9. The van der Waals surface area contributed by atoms with E-state index in [1.165, 1.54) is 25.3 Å². The van der Waals surface area contributed by atoms with Crippen LogP contribution in [-0.4, -0.2) is 46.7 Å². The minimum absolute atomic E-state index is 0.112. The summed E-state index contributed by atoms with van der Waals surface area (Å²) in [5.41, 5.74) is 0.826. The molecule has 0 aliphatic carbocycles. The maximum atomic E-state index is 13.1. The first-order valence-corrected chi connectivity index (χ1v) is 11.9. The molecule has 7 nitrogen and oxygen atoms in total. The van der Waals surface area contributed by atoms with Crippen LogP contribution in [0.5, 0.6) is 5.75 Å². The fraction of sp³-hybridized carbons (Fsp3) is 0.409. The number of hydrogen-bond donors (Lipinski definition) is 2. The van der Waals surface area contributed by atoms with E-state index in [1.54, 1.807) is 0 Å². The van der Waals surface area contributed by atoms with Gasteiger partial charge < -0.3 is 14.8 Å². The van der Waals surface area contributed by atoms with E-state index in [0.29, 0.717) is 19.6 Å². The lowest BCUT2D eigenvalue weighted by molar-refractivity contribution is -0.122. The Bertz CT molecular complexity index is 952. The monoisotopic (exact) mass is 468 g/mol. The Hall–Kier alpha value is -2.13. The number of halogens is 1. The van der Waals surface area contributed by atoms with Crippen molar-refractivity contribution in [3.8, 4) is 5.75 Å². The maximum absolute atomic E-state index is 13.1. The van der Waals surface area contributed by atoms with Gasteiger partial charge >= 0.3 is 0 Å². The first-order chi connectivity index (χ1) is 14.7. The minimum atomic E-state index is -4.08. The Balaban J connectivity index is 2.18. The lowest BCUT2D eigenvalue weighted by atomic mass is 10.1. The lowest BCUT2D eigenvalue weighted by Crippen LogP contribution is -2.48. The van der Waals surface area contributed by atoms with Gasteiger partial charge in [0.15, 0.2) is 0 Å². The van der Waals surface area contributed by atoms with Crippen LogP contribution in [0.25, 0.3) is 0 Å². The third-order valence-corrected chi connectivity index (χ3v) is 6.11. The number of rotatable bonds is 12. The summed E-state index contributed by atoms with van der Waals surface area (Å²) in [5, 5.41) is 3.03. The smallest absolute Gasteiger partial charge is 0.245 e. The van der Waals surface area contributed by atoms with Crippen molar-refractivity contribution in [3.63, 3.8) is 0 Å². The van der Waals surface area contributed by atoms with Crippen molar-refractivity contribution in [2.24, 2.45) is 0 Å². The molecular weight excluding hydrogens is 440 g/mol. The van der Waals surface area contributed by atoms with E-state index in [-0.39, 0.29) is 28.2 Å². The second-order valence-electron chi connectivity index (χ2n) is 7.22. The van der Waals surface area contributed by atoms with Crippen LogP contribution in [0.2, 0.25) is 5.02 Å². The van der Waals surface area contributed by atoms with E-state index in [2.05, 4.69) is 10.0 Å². The molecule has 0 aromatic heterocycles. The SMILES string of the molecule is COc1ccc(Cl)cc1S(=O)(=O)N[C@H](Cc1ccccc1)C(=O)NCCCOC(C)C. The summed E-state index contributed by atoms with van der Waals surface area (Å²) in [7, 11) is -2.71. The van der Waals surface area contributed by atoms with Gasteiger partial charge in [-0.3, -0.25) is 4.79 Å². The molecule has 0 bridgehead atoms. The normalized spacial score (nSPS) is 12.5. The van der Waals surface area contributed by atoms with Crippen LogP contribution >= 0.6 is 11.6 Å². The van der Waals surface area contributed by atoms with Gasteiger partial charge in [0.25, 0.3) is 0 Å². The summed E-state index contributed by atoms with van der Waals surface area (Å²) in [6.45, 7) is 4.76. The van der Waals surface area contributed by atoms with Crippen LogP contribution in [0.1, 0.15) is 25.8 Å². The zero-order valence-corrected chi connectivity index (χ0v) is 19.5. The van der Waals surface area contributed by atoms with Crippen molar-refractivity contribution in [2.75, 3.05) is 20.3 Å². The molecule has 0 fully saturated rings. The lowest BCUT2D eigenvalue weighted by Gasteiger charge is -2.20. The Labute approximate surface area is 189 Å². The van der Waals surface area contributed by atoms with Crippen LogP contribution < -0.4 is 14.8 Å². The Morgan fingerprint density at radius 3 is 2.48 bits per heavy atom. The number of nitrogens with one attached hydrogen (secondary N) is 2. The molecule has 0 radical (unpaired) electrons. The molecular formula is C22H29ClN2O5S. The van der Waals surface area contributed by atoms with Crippen molar-refractivity contribution < 1.29 is 22.7 Å². The first kappa shape index (κ1) is 25.1. The summed E-state index contributed by atoms with van der Waals surface area (Å²) < 4.78 is 39.3. The average molecular weight is 469 g/mol. The quantitative estimate of drug-likeness (QED) is 0.467. The van der Waals surface area contributed by atoms with Gasteiger partial charge in [0.1, 0.15) is 16.7 Å². The van der Waals surface area contributed by atoms with Gasteiger partial charge in [-0.1, -0.05) is 41.9 Å². The van der Waals surface area contributed by atoms with E-state index >= 15 is 0 Å². The van der Waals surface area contributed by atoms with E-state index in [4.69, 9.17) is 21.1 Å². The van der Waals surface area contributed by atoms with Gasteiger partial charge in [-0.15, -0.1) is 0 Å². The molecule has 2 N–H and O–H groups in total. The molecule has 0 unspecified atom stereocenters. The molecule has 9 heteroatoms. The van der Waals surface area contributed by atoms with E-state index in [0.717, 1.165) is 5.56 Å². The fourth-order valence-electron chi connectivity index (χ4n) is 2.87. The van der Waals surface area contributed by atoms with Gasteiger partial charge in [-0.05, 0) is 50.5 Å². The minimum Gasteiger partial charge on any atom is -0.495 e. The molecule has 2 aromatic carbocycles. The topological polar surface area (TPSA) is 93.7 Å². The fourth-order valence-corrected chi connectivity index (χ4v) is 4.50. The number of carbonyl (C=O) groups excluding carboxylic acids is 1. The van der Waals surface area contributed by atoms with Crippen LogP contribution in [0.15, 0.2) is 53.4 Å². The number of carbonyl (C=O) groups is 1. The maximum Gasteiger partial charge on any atom is 0.245 e. The average Bonchev–Trinajstić information content (AvgIpc) is 2.73. The molecule has 0 heterocycles. The standard InChI is InChI=1S/C22H29ClN2O5S/c1-16(2)30-13-7-12-24-22(26)19(14-17-8-5-4-6-9-17)25-31(27,28)21-15-18(23)10-11-20(21)29-3/h4-6,8-11,15-16,19,25H,7,12-14H2,1-3H3,(H,24,26)/t19-/m1/s1. The second kappa shape index (κ2) is 12.0. The van der Waals surface area contributed by atoms with Crippen LogP contribution in [0.4, 0.5) is 0 Å². The largest absolute Gasteiger partial charge is 0.495 e. The van der Waals surface area contributed by atoms with Crippen molar-refractivity contribution in [1.29, 1.82) is 0 Å². The number of benzene rings is 2. The third kappa shape index (κ3) is 8.14. The Morgan fingerprint density at radius 2 is 1.84 bits per heavy atom. The molecule has 2 aromatic rings. The van der Waals surface area contributed by atoms with E-state index < -0.39 is 22.0 Å². The summed E-state index contributed by atoms with van der Waals surface area (Å²) in [4.78, 5) is 12.7. The first-order valence-electron chi connectivity index (χ1n) is 10.0. The Kier molecular flexibility index (Phi) is 9.77. The zero-order chi connectivity index (χ0) is 22.9. The molecule has 31 heavy (non-hydrogen) atoms. The molecule has 0 aliphatic rings. The number of sulfonamides is 1. The number of hydrogen-bond acceptors (Lipinski definition) is 5. The highest BCUT2D eigenvalue weighted by Gasteiger charge is 2.28. The summed E-state index contributed by atoms with van der Waals surface area (Å²) in [6, 6.07) is 12.5. The molecule has 1 atom stereocenters. The van der Waals surface area contributed by atoms with Crippen molar-refractivity contribution in [3.05, 3.63) is 59.1 Å². The Morgan fingerprint density at radius 1 is 1.13 bits per heavy atom. The summed E-state index contributed by atoms with van der Waals surface area (Å²) in [5.74, 6) is -0.278. The van der Waals surface area contributed by atoms with Gasteiger partial charge in [0.05, 0.1) is 13.2 Å². The molecule has 0 saturated heterocycles.